The Morgan fingerprint density at radius 2 is 2.00 bits per heavy atom. The van der Waals surface area contributed by atoms with Gasteiger partial charge in [-0.05, 0) is 23.1 Å². The molecular weight excluding hydrogens is 190 g/mol. The summed E-state index contributed by atoms with van der Waals surface area (Å²) in [4.78, 5) is 4.82. The van der Waals surface area contributed by atoms with E-state index in [0.29, 0.717) is 12.5 Å². The third kappa shape index (κ3) is 3.22. The molecule has 0 fully saturated rings. The first kappa shape index (κ1) is 12.0. The topological polar surface area (TPSA) is 30.5 Å². The molecule has 1 aromatic carbocycles. The summed E-state index contributed by atoms with van der Waals surface area (Å²) < 4.78 is 5.31. The van der Waals surface area contributed by atoms with Crippen LogP contribution in [0.1, 0.15) is 30.9 Å². The molecule has 0 aliphatic heterocycles. The van der Waals surface area contributed by atoms with Crippen LogP contribution in [0.4, 0.5) is 0 Å². The van der Waals surface area contributed by atoms with Crippen molar-refractivity contribution in [2.75, 3.05) is 14.2 Å². The second-order valence-electron chi connectivity index (χ2n) is 3.76. The average molecular weight is 209 g/mol. The summed E-state index contributed by atoms with van der Waals surface area (Å²) in [5, 5.41) is 0. The molecule has 0 atom stereocenters. The molecule has 0 bridgehead atoms. The molecule has 0 aromatic heterocycles. The third-order valence-electron chi connectivity index (χ3n) is 2.34. The van der Waals surface area contributed by atoms with E-state index in [-0.39, 0.29) is 0 Å². The predicted molar refractivity (Wildman–Crippen MR) is 60.9 cm³/mol. The minimum atomic E-state index is 0.461. The second kappa shape index (κ2) is 5.73. The highest BCUT2D eigenvalue weighted by molar-refractivity contribution is 5.39. The van der Waals surface area contributed by atoms with Crippen LogP contribution in [0.25, 0.3) is 0 Å². The molecule has 1 N–H and O–H groups in total. The average Bonchev–Trinajstić information content (AvgIpc) is 2.25. The van der Waals surface area contributed by atoms with Crippen LogP contribution in [0.3, 0.4) is 0 Å². The largest absolute Gasteiger partial charge is 0.496 e. The maximum Gasteiger partial charge on any atom is 0.122 e. The van der Waals surface area contributed by atoms with E-state index in [9.17, 15) is 0 Å². The van der Waals surface area contributed by atoms with E-state index in [0.717, 1.165) is 5.75 Å². The summed E-state index contributed by atoms with van der Waals surface area (Å²) in [5.41, 5.74) is 5.25. The Bertz CT molecular complexity index is 310. The molecule has 15 heavy (non-hydrogen) atoms. The Morgan fingerprint density at radius 1 is 1.27 bits per heavy atom. The maximum atomic E-state index is 5.31. The van der Waals surface area contributed by atoms with Gasteiger partial charge in [-0.3, -0.25) is 0 Å². The summed E-state index contributed by atoms with van der Waals surface area (Å²) in [5.74, 6) is 1.41. The lowest BCUT2D eigenvalue weighted by Gasteiger charge is -2.13. The molecule has 0 heterocycles. The highest BCUT2D eigenvalue weighted by atomic mass is 16.6. The van der Waals surface area contributed by atoms with Crippen molar-refractivity contribution < 1.29 is 9.57 Å². The molecule has 0 unspecified atom stereocenters. The van der Waals surface area contributed by atoms with Crippen molar-refractivity contribution in [1.82, 2.24) is 5.48 Å². The van der Waals surface area contributed by atoms with Crippen LogP contribution in [0, 0.1) is 0 Å². The molecule has 0 saturated heterocycles. The van der Waals surface area contributed by atoms with Gasteiger partial charge in [0.15, 0.2) is 0 Å². The van der Waals surface area contributed by atoms with Crippen molar-refractivity contribution in [3.63, 3.8) is 0 Å². The number of benzene rings is 1. The van der Waals surface area contributed by atoms with Crippen LogP contribution in [0.5, 0.6) is 5.75 Å². The number of ether oxygens (including phenoxy) is 1. The van der Waals surface area contributed by atoms with E-state index in [4.69, 9.17) is 9.57 Å². The van der Waals surface area contributed by atoms with Crippen LogP contribution in [-0.2, 0) is 11.4 Å². The molecule has 0 saturated carbocycles. The van der Waals surface area contributed by atoms with Gasteiger partial charge in [0, 0.05) is 6.54 Å². The lowest BCUT2D eigenvalue weighted by molar-refractivity contribution is 0.0867. The molecule has 1 aromatic rings. The molecular formula is C12H19NO2. The molecule has 0 amide bonds. The SMILES string of the molecule is CONCc1ccc(OC)c(C(C)C)c1. The van der Waals surface area contributed by atoms with E-state index in [2.05, 4.69) is 25.4 Å². The first-order chi connectivity index (χ1) is 7.19. The number of methoxy groups -OCH3 is 1. The number of hydroxylamine groups is 1. The van der Waals surface area contributed by atoms with Gasteiger partial charge in [0.05, 0.1) is 14.2 Å². The standard InChI is InChI=1S/C12H19NO2/c1-9(2)11-7-10(8-13-15-4)5-6-12(11)14-3/h5-7,9,13H,8H2,1-4H3. The van der Waals surface area contributed by atoms with Crippen LogP contribution in [0.15, 0.2) is 18.2 Å². The van der Waals surface area contributed by atoms with Gasteiger partial charge in [-0.2, -0.15) is 5.48 Å². The van der Waals surface area contributed by atoms with E-state index < -0.39 is 0 Å². The second-order valence-corrected chi connectivity index (χ2v) is 3.76. The van der Waals surface area contributed by atoms with Crippen molar-refractivity contribution in [3.05, 3.63) is 29.3 Å². The smallest absolute Gasteiger partial charge is 0.122 e. The van der Waals surface area contributed by atoms with Crippen LogP contribution in [-0.4, -0.2) is 14.2 Å². The molecule has 1 rings (SSSR count). The van der Waals surface area contributed by atoms with Crippen molar-refractivity contribution >= 4 is 0 Å². The zero-order valence-electron chi connectivity index (χ0n) is 9.83. The first-order valence-electron chi connectivity index (χ1n) is 5.11. The Labute approximate surface area is 91.4 Å². The lowest BCUT2D eigenvalue weighted by Crippen LogP contribution is -2.11. The van der Waals surface area contributed by atoms with E-state index in [1.807, 2.05) is 12.1 Å². The van der Waals surface area contributed by atoms with E-state index in [1.54, 1.807) is 14.2 Å². The fourth-order valence-corrected chi connectivity index (χ4v) is 1.50. The van der Waals surface area contributed by atoms with Crippen molar-refractivity contribution in [3.8, 4) is 5.75 Å². The van der Waals surface area contributed by atoms with E-state index >= 15 is 0 Å². The molecule has 0 spiro atoms. The molecule has 3 nitrogen and oxygen atoms in total. The van der Waals surface area contributed by atoms with Gasteiger partial charge < -0.3 is 9.57 Å². The van der Waals surface area contributed by atoms with Crippen molar-refractivity contribution in [2.45, 2.75) is 26.3 Å². The Morgan fingerprint density at radius 3 is 2.53 bits per heavy atom. The fourth-order valence-electron chi connectivity index (χ4n) is 1.50. The summed E-state index contributed by atoms with van der Waals surface area (Å²) >= 11 is 0. The number of hydrogen-bond acceptors (Lipinski definition) is 3. The lowest BCUT2D eigenvalue weighted by atomic mass is 9.99. The summed E-state index contributed by atoms with van der Waals surface area (Å²) in [7, 11) is 3.32. The number of hydrogen-bond donors (Lipinski definition) is 1. The van der Waals surface area contributed by atoms with Crippen molar-refractivity contribution in [2.24, 2.45) is 0 Å². The number of nitrogens with one attached hydrogen (secondary N) is 1. The molecule has 0 aliphatic rings. The predicted octanol–water partition coefficient (Wildman–Crippen LogP) is 2.47. The molecule has 0 radical (unpaired) electrons. The van der Waals surface area contributed by atoms with Gasteiger partial charge in [0.2, 0.25) is 0 Å². The van der Waals surface area contributed by atoms with Gasteiger partial charge in [0.25, 0.3) is 0 Å². The van der Waals surface area contributed by atoms with Gasteiger partial charge in [-0.15, -0.1) is 0 Å². The van der Waals surface area contributed by atoms with Crippen LogP contribution >= 0.6 is 0 Å². The summed E-state index contributed by atoms with van der Waals surface area (Å²) in [6, 6.07) is 6.19. The Kier molecular flexibility index (Phi) is 4.59. The highest BCUT2D eigenvalue weighted by Gasteiger charge is 2.07. The van der Waals surface area contributed by atoms with Gasteiger partial charge >= 0.3 is 0 Å². The third-order valence-corrected chi connectivity index (χ3v) is 2.34. The molecule has 84 valence electrons. The van der Waals surface area contributed by atoms with Crippen LogP contribution < -0.4 is 10.2 Å². The van der Waals surface area contributed by atoms with Crippen molar-refractivity contribution in [1.29, 1.82) is 0 Å². The van der Waals surface area contributed by atoms with Gasteiger partial charge in [-0.25, -0.2) is 0 Å². The van der Waals surface area contributed by atoms with Gasteiger partial charge in [-0.1, -0.05) is 26.0 Å². The summed E-state index contributed by atoms with van der Waals surface area (Å²) in [6.07, 6.45) is 0. The minimum Gasteiger partial charge on any atom is -0.496 e. The van der Waals surface area contributed by atoms with Gasteiger partial charge in [0.1, 0.15) is 5.75 Å². The monoisotopic (exact) mass is 209 g/mol. The quantitative estimate of drug-likeness (QED) is 0.756. The zero-order valence-corrected chi connectivity index (χ0v) is 9.83. The zero-order chi connectivity index (χ0) is 11.3. The number of rotatable bonds is 5. The van der Waals surface area contributed by atoms with E-state index in [1.165, 1.54) is 11.1 Å². The highest BCUT2D eigenvalue weighted by Crippen LogP contribution is 2.27. The Hall–Kier alpha value is -1.06. The fraction of sp³-hybridized carbons (Fsp3) is 0.500. The van der Waals surface area contributed by atoms with Crippen LogP contribution in [0.2, 0.25) is 0 Å². The normalized spacial score (nSPS) is 10.7. The molecule has 0 aliphatic carbocycles. The molecule has 3 heteroatoms. The minimum absolute atomic E-state index is 0.461. The Balaban J connectivity index is 2.89. The maximum absolute atomic E-state index is 5.31. The first-order valence-corrected chi connectivity index (χ1v) is 5.11. The summed E-state index contributed by atoms with van der Waals surface area (Å²) in [6.45, 7) is 5.02.